The van der Waals surface area contributed by atoms with Crippen molar-refractivity contribution in [3.8, 4) is 0 Å². The molecule has 0 saturated carbocycles. The van der Waals surface area contributed by atoms with Crippen molar-refractivity contribution in [2.45, 2.75) is 20.3 Å². The van der Waals surface area contributed by atoms with E-state index in [9.17, 15) is 0 Å². The summed E-state index contributed by atoms with van der Waals surface area (Å²) in [6.07, 6.45) is 0.787. The molecule has 3 atom stereocenters. The maximum Gasteiger partial charge on any atom is 0.216 e. The lowest BCUT2D eigenvalue weighted by Crippen LogP contribution is -2.36. The molecule has 0 N–H and O–H groups in total. The fraction of sp³-hybridized carbons (Fsp3) is 0.625. The van der Waals surface area contributed by atoms with E-state index in [2.05, 4.69) is 31.4 Å². The Bertz CT molecular complexity index is 671. The van der Waals surface area contributed by atoms with E-state index in [4.69, 9.17) is 9.15 Å². The molecule has 2 fully saturated rings. The molecule has 0 bridgehead atoms. The second-order valence-corrected chi connectivity index (χ2v) is 6.58. The highest BCUT2D eigenvalue weighted by molar-refractivity contribution is 5.39. The van der Waals surface area contributed by atoms with Crippen molar-refractivity contribution in [2.75, 3.05) is 31.2 Å². The summed E-state index contributed by atoms with van der Waals surface area (Å²) in [6, 6.07) is 4.07. The average Bonchev–Trinajstić information content (AvgIpc) is 3.15. The lowest BCUT2D eigenvalue weighted by atomic mass is 9.81. The van der Waals surface area contributed by atoms with Gasteiger partial charge in [0.2, 0.25) is 11.8 Å². The van der Waals surface area contributed by atoms with Crippen LogP contribution < -0.4 is 4.90 Å². The first-order valence-corrected chi connectivity index (χ1v) is 8.11. The molecule has 4 rings (SSSR count). The van der Waals surface area contributed by atoms with Crippen LogP contribution in [0, 0.1) is 31.6 Å². The average molecular weight is 315 g/mol. The van der Waals surface area contributed by atoms with E-state index >= 15 is 0 Å². The van der Waals surface area contributed by atoms with Gasteiger partial charge in [0, 0.05) is 32.4 Å². The molecular weight excluding hydrogens is 294 g/mol. The van der Waals surface area contributed by atoms with Crippen molar-refractivity contribution in [1.29, 1.82) is 0 Å². The summed E-state index contributed by atoms with van der Waals surface area (Å²) in [7, 11) is 0. The summed E-state index contributed by atoms with van der Waals surface area (Å²) in [5.74, 6) is 3.80. The number of rotatable bonds is 3. The maximum absolute atomic E-state index is 5.83. The molecule has 2 aliphatic heterocycles. The van der Waals surface area contributed by atoms with Crippen molar-refractivity contribution < 1.29 is 9.15 Å². The molecule has 0 aromatic carbocycles. The minimum atomic E-state index is 0.414. The zero-order valence-corrected chi connectivity index (χ0v) is 13.5. The van der Waals surface area contributed by atoms with Crippen LogP contribution in [-0.2, 0) is 11.2 Å². The monoisotopic (exact) mass is 315 g/mol. The molecule has 4 heterocycles. The van der Waals surface area contributed by atoms with E-state index in [1.807, 2.05) is 19.9 Å². The Morgan fingerprint density at radius 3 is 2.74 bits per heavy atom. The second-order valence-electron chi connectivity index (χ2n) is 6.58. The molecule has 0 unspecified atom stereocenters. The van der Waals surface area contributed by atoms with Gasteiger partial charge >= 0.3 is 0 Å². The zero-order valence-electron chi connectivity index (χ0n) is 13.5. The van der Waals surface area contributed by atoms with Gasteiger partial charge in [-0.15, -0.1) is 15.3 Å². The molecule has 23 heavy (non-hydrogen) atoms. The molecular formula is C16H21N5O2. The minimum Gasteiger partial charge on any atom is -0.426 e. The van der Waals surface area contributed by atoms with Gasteiger partial charge in [-0.1, -0.05) is 0 Å². The number of hydrogen-bond donors (Lipinski definition) is 0. The van der Waals surface area contributed by atoms with Gasteiger partial charge in [0.15, 0.2) is 5.82 Å². The molecule has 7 nitrogen and oxygen atoms in total. The Kier molecular flexibility index (Phi) is 3.72. The summed E-state index contributed by atoms with van der Waals surface area (Å²) < 4.78 is 11.4. The van der Waals surface area contributed by atoms with Crippen LogP contribution in [0.25, 0.3) is 0 Å². The number of nitrogens with zero attached hydrogens (tertiary/aromatic N) is 5. The first-order chi connectivity index (χ1) is 11.2. The molecule has 2 saturated heterocycles. The van der Waals surface area contributed by atoms with Crippen LogP contribution in [0.15, 0.2) is 16.5 Å². The molecule has 122 valence electrons. The van der Waals surface area contributed by atoms with Crippen molar-refractivity contribution in [3.63, 3.8) is 0 Å². The topological polar surface area (TPSA) is 77.2 Å². The van der Waals surface area contributed by atoms with E-state index in [0.29, 0.717) is 29.5 Å². The van der Waals surface area contributed by atoms with Gasteiger partial charge in [-0.25, -0.2) is 0 Å². The standard InChI is InChI=1S/C16H21N5O2/c1-10-3-4-15(19-17-10)21-6-13-9-22-8-12(14(13)7-21)5-16-20-18-11(2)23-16/h3-4,12-14H,5-9H2,1-2H3/t12-,13-,14+/m1/s1. The van der Waals surface area contributed by atoms with Crippen LogP contribution in [0.4, 0.5) is 5.82 Å². The molecule has 0 spiro atoms. The van der Waals surface area contributed by atoms with E-state index in [1.165, 1.54) is 0 Å². The number of hydrogen-bond acceptors (Lipinski definition) is 7. The van der Waals surface area contributed by atoms with E-state index in [0.717, 1.165) is 44.2 Å². The summed E-state index contributed by atoms with van der Waals surface area (Å²) in [5.41, 5.74) is 0.943. The minimum absolute atomic E-state index is 0.414. The van der Waals surface area contributed by atoms with Crippen LogP contribution in [0.3, 0.4) is 0 Å². The summed E-state index contributed by atoms with van der Waals surface area (Å²) in [6.45, 7) is 7.32. The third-order valence-corrected chi connectivity index (χ3v) is 4.87. The third kappa shape index (κ3) is 2.93. The van der Waals surface area contributed by atoms with Gasteiger partial charge in [0.05, 0.1) is 18.9 Å². The normalized spacial score (nSPS) is 27.2. The Morgan fingerprint density at radius 2 is 2.00 bits per heavy atom. The second kappa shape index (κ2) is 5.88. The molecule has 7 heteroatoms. The van der Waals surface area contributed by atoms with Crippen LogP contribution in [-0.4, -0.2) is 46.7 Å². The highest BCUT2D eigenvalue weighted by atomic mass is 16.5. The van der Waals surface area contributed by atoms with Crippen LogP contribution in [0.1, 0.15) is 17.5 Å². The largest absolute Gasteiger partial charge is 0.426 e. The van der Waals surface area contributed by atoms with Gasteiger partial charge in [-0.2, -0.15) is 5.10 Å². The van der Waals surface area contributed by atoms with Crippen LogP contribution >= 0.6 is 0 Å². The lowest BCUT2D eigenvalue weighted by Gasteiger charge is -2.31. The van der Waals surface area contributed by atoms with Crippen molar-refractivity contribution >= 4 is 5.82 Å². The summed E-state index contributed by atoms with van der Waals surface area (Å²) in [4.78, 5) is 2.32. The highest BCUT2D eigenvalue weighted by Gasteiger charge is 2.42. The number of fused-ring (bicyclic) bond motifs is 1. The first-order valence-electron chi connectivity index (χ1n) is 8.11. The fourth-order valence-corrected chi connectivity index (χ4v) is 3.70. The van der Waals surface area contributed by atoms with Gasteiger partial charge in [0.25, 0.3) is 0 Å². The Balaban J connectivity index is 1.48. The van der Waals surface area contributed by atoms with Crippen molar-refractivity contribution in [3.05, 3.63) is 29.6 Å². The quantitative estimate of drug-likeness (QED) is 0.847. The SMILES string of the molecule is Cc1ccc(N2C[C@@H]3COC[C@@H](Cc4nnc(C)o4)[C@@H]3C2)nn1. The molecule has 2 aromatic heterocycles. The Morgan fingerprint density at radius 1 is 1.09 bits per heavy atom. The molecule has 0 radical (unpaired) electrons. The molecule has 0 aliphatic carbocycles. The third-order valence-electron chi connectivity index (χ3n) is 4.87. The number of aryl methyl sites for hydroxylation is 2. The fourth-order valence-electron chi connectivity index (χ4n) is 3.70. The Labute approximate surface area is 135 Å². The van der Waals surface area contributed by atoms with Gasteiger partial charge in [0.1, 0.15) is 0 Å². The first kappa shape index (κ1) is 14.6. The predicted octanol–water partition coefficient (Wildman–Crippen LogP) is 1.42. The predicted molar refractivity (Wildman–Crippen MR) is 83.0 cm³/mol. The molecule has 2 aromatic rings. The van der Waals surface area contributed by atoms with Crippen LogP contribution in [0.5, 0.6) is 0 Å². The lowest BCUT2D eigenvalue weighted by molar-refractivity contribution is -0.0107. The van der Waals surface area contributed by atoms with Gasteiger partial charge in [-0.3, -0.25) is 0 Å². The number of aromatic nitrogens is 4. The summed E-state index contributed by atoms with van der Waals surface area (Å²) in [5, 5.41) is 16.6. The number of ether oxygens (including phenoxy) is 1. The number of anilines is 1. The van der Waals surface area contributed by atoms with Gasteiger partial charge in [-0.05, 0) is 30.9 Å². The zero-order chi connectivity index (χ0) is 15.8. The smallest absolute Gasteiger partial charge is 0.216 e. The molecule has 0 amide bonds. The van der Waals surface area contributed by atoms with E-state index < -0.39 is 0 Å². The van der Waals surface area contributed by atoms with Crippen molar-refractivity contribution in [1.82, 2.24) is 20.4 Å². The highest BCUT2D eigenvalue weighted by Crippen LogP contribution is 2.37. The van der Waals surface area contributed by atoms with E-state index in [1.54, 1.807) is 0 Å². The van der Waals surface area contributed by atoms with Gasteiger partial charge < -0.3 is 14.1 Å². The maximum atomic E-state index is 5.83. The van der Waals surface area contributed by atoms with Crippen LogP contribution in [0.2, 0.25) is 0 Å². The Hall–Kier alpha value is -2.02. The summed E-state index contributed by atoms with van der Waals surface area (Å²) >= 11 is 0. The molecule has 2 aliphatic rings. The van der Waals surface area contributed by atoms with E-state index in [-0.39, 0.29) is 0 Å². The van der Waals surface area contributed by atoms with Crippen molar-refractivity contribution in [2.24, 2.45) is 17.8 Å².